The molecule has 0 bridgehead atoms. The lowest BCUT2D eigenvalue weighted by atomic mass is 9.85. The van der Waals surface area contributed by atoms with Gasteiger partial charge in [0.1, 0.15) is 0 Å². The Kier molecular flexibility index (Phi) is 17.6. The molecule has 10 heteroatoms. The van der Waals surface area contributed by atoms with E-state index in [9.17, 15) is 24.6 Å². The van der Waals surface area contributed by atoms with Gasteiger partial charge < -0.3 is 35.1 Å². The van der Waals surface area contributed by atoms with Gasteiger partial charge in [-0.25, -0.2) is 0 Å². The highest BCUT2D eigenvalue weighted by molar-refractivity contribution is 5.89. The molecule has 0 saturated carbocycles. The molecule has 4 N–H and O–H groups in total. The van der Waals surface area contributed by atoms with E-state index in [0.29, 0.717) is 24.8 Å². The van der Waals surface area contributed by atoms with E-state index >= 15 is 0 Å². The Morgan fingerprint density at radius 1 is 0.900 bits per heavy atom. The van der Waals surface area contributed by atoms with Gasteiger partial charge in [0, 0.05) is 32.4 Å². The fourth-order valence-corrected chi connectivity index (χ4v) is 7.51. The molecule has 0 aromatic carbocycles. The average Bonchev–Trinajstić information content (AvgIpc) is 3.07. The zero-order valence-electron chi connectivity index (χ0n) is 32.0. The number of aliphatic hydroxyl groups is 2. The molecule has 3 saturated heterocycles. The molecule has 50 heavy (non-hydrogen) atoms. The topological polar surface area (TPSA) is 143 Å². The van der Waals surface area contributed by atoms with Crippen molar-refractivity contribution in [3.8, 4) is 0 Å². The molecule has 10 nitrogen and oxygen atoms in total. The van der Waals surface area contributed by atoms with Crippen molar-refractivity contribution in [1.29, 1.82) is 0 Å². The summed E-state index contributed by atoms with van der Waals surface area (Å²) in [5.41, 5.74) is 1.01. The highest BCUT2D eigenvalue weighted by Crippen LogP contribution is 2.43. The number of rotatable bonds is 18. The molecule has 286 valence electrons. The Morgan fingerprint density at radius 2 is 1.64 bits per heavy atom. The van der Waals surface area contributed by atoms with Crippen molar-refractivity contribution in [1.82, 2.24) is 10.6 Å². The Labute approximate surface area is 301 Å². The number of carbonyl (C=O) groups excluding carboxylic acids is 3. The van der Waals surface area contributed by atoms with E-state index in [0.717, 1.165) is 76.2 Å². The minimum atomic E-state index is -1.02. The van der Waals surface area contributed by atoms with Gasteiger partial charge in [0.25, 0.3) is 0 Å². The number of aliphatic hydroxyl groups excluding tert-OH is 2. The second-order valence-electron chi connectivity index (χ2n) is 15.7. The van der Waals surface area contributed by atoms with Gasteiger partial charge in [-0.2, -0.15) is 0 Å². The SMILES string of the molecule is C/C=C/C(=O)C[C@H]1CC[C@H](C)[C@H](CC(=O)NC[C@H](O)[C@H](C)C(=O)NCCC[C@H]2O[C@@]3(CCC[C@@H](CC[C@@H](C)/C=C(\C)[C@@H](C)O)O3)CC[C@@H]2C)O1. The number of ether oxygens (including phenoxy) is 3. The average molecular weight is 705 g/mol. The summed E-state index contributed by atoms with van der Waals surface area (Å²) in [5, 5.41) is 26.2. The lowest BCUT2D eigenvalue weighted by Gasteiger charge is -2.48. The highest BCUT2D eigenvalue weighted by Gasteiger charge is 2.44. The summed E-state index contributed by atoms with van der Waals surface area (Å²) in [7, 11) is 0. The second-order valence-corrected chi connectivity index (χ2v) is 15.7. The summed E-state index contributed by atoms with van der Waals surface area (Å²) in [6.45, 7) is 14.2. The van der Waals surface area contributed by atoms with Gasteiger partial charge in [-0.05, 0) is 108 Å². The van der Waals surface area contributed by atoms with Crippen molar-refractivity contribution in [3.63, 3.8) is 0 Å². The van der Waals surface area contributed by atoms with E-state index in [1.807, 2.05) is 20.8 Å². The molecule has 3 rings (SSSR count). The second kappa shape index (κ2) is 20.8. The van der Waals surface area contributed by atoms with Crippen molar-refractivity contribution in [3.05, 3.63) is 23.8 Å². The largest absolute Gasteiger partial charge is 0.390 e. The molecule has 2 amide bonds. The van der Waals surface area contributed by atoms with Crippen molar-refractivity contribution in [2.24, 2.45) is 23.7 Å². The van der Waals surface area contributed by atoms with Crippen LogP contribution in [0.5, 0.6) is 0 Å². The van der Waals surface area contributed by atoms with Gasteiger partial charge in [-0.3, -0.25) is 14.4 Å². The Hall–Kier alpha value is -2.11. The Balaban J connectivity index is 1.36. The van der Waals surface area contributed by atoms with E-state index in [-0.39, 0.29) is 60.9 Å². The third-order valence-electron chi connectivity index (χ3n) is 11.2. The molecule has 3 heterocycles. The van der Waals surface area contributed by atoms with Crippen molar-refractivity contribution < 1.29 is 38.8 Å². The van der Waals surface area contributed by atoms with Crippen LogP contribution in [-0.2, 0) is 28.6 Å². The third-order valence-corrected chi connectivity index (χ3v) is 11.2. The van der Waals surface area contributed by atoms with Crippen LogP contribution in [0.15, 0.2) is 23.8 Å². The van der Waals surface area contributed by atoms with Crippen molar-refractivity contribution in [2.75, 3.05) is 13.1 Å². The van der Waals surface area contributed by atoms with Crippen LogP contribution in [-0.4, -0.2) is 83.3 Å². The first-order chi connectivity index (χ1) is 23.7. The first-order valence-electron chi connectivity index (χ1n) is 19.5. The smallest absolute Gasteiger partial charge is 0.225 e. The van der Waals surface area contributed by atoms with E-state index in [2.05, 4.69) is 30.6 Å². The minimum absolute atomic E-state index is 0.0223. The van der Waals surface area contributed by atoms with Gasteiger partial charge in [-0.15, -0.1) is 0 Å². The Morgan fingerprint density at radius 3 is 2.36 bits per heavy atom. The van der Waals surface area contributed by atoms with Crippen LogP contribution in [0.2, 0.25) is 0 Å². The van der Waals surface area contributed by atoms with E-state index < -0.39 is 23.9 Å². The molecule has 3 aliphatic heterocycles. The lowest BCUT2D eigenvalue weighted by Crippen LogP contribution is -2.50. The first kappa shape index (κ1) is 42.3. The zero-order valence-corrected chi connectivity index (χ0v) is 32.0. The van der Waals surface area contributed by atoms with Crippen LogP contribution in [0, 0.1) is 23.7 Å². The van der Waals surface area contributed by atoms with Gasteiger partial charge >= 0.3 is 0 Å². The zero-order chi connectivity index (χ0) is 36.8. The van der Waals surface area contributed by atoms with Crippen LogP contribution < -0.4 is 10.6 Å². The molecule has 0 aromatic rings. The maximum absolute atomic E-state index is 12.9. The van der Waals surface area contributed by atoms with Crippen LogP contribution in [0.25, 0.3) is 0 Å². The van der Waals surface area contributed by atoms with Crippen LogP contribution >= 0.6 is 0 Å². The summed E-state index contributed by atoms with van der Waals surface area (Å²) >= 11 is 0. The highest BCUT2D eigenvalue weighted by atomic mass is 16.7. The molecule has 0 aliphatic carbocycles. The van der Waals surface area contributed by atoms with E-state index in [1.54, 1.807) is 26.0 Å². The predicted octanol–water partition coefficient (Wildman–Crippen LogP) is 5.93. The minimum Gasteiger partial charge on any atom is -0.390 e. The number of carbonyl (C=O) groups is 3. The maximum Gasteiger partial charge on any atom is 0.225 e. The summed E-state index contributed by atoms with van der Waals surface area (Å²) < 4.78 is 19.5. The molecular weight excluding hydrogens is 636 g/mol. The van der Waals surface area contributed by atoms with E-state index in [1.165, 1.54) is 0 Å². The molecule has 0 unspecified atom stereocenters. The van der Waals surface area contributed by atoms with Crippen molar-refractivity contribution >= 4 is 17.6 Å². The van der Waals surface area contributed by atoms with Gasteiger partial charge in [0.05, 0.1) is 49.0 Å². The number of hydrogen-bond acceptors (Lipinski definition) is 8. The fourth-order valence-electron chi connectivity index (χ4n) is 7.51. The quantitative estimate of drug-likeness (QED) is 0.0782. The number of amides is 2. The molecular formula is C40H68N2O8. The molecule has 3 aliphatic rings. The molecule has 1 spiro atoms. The lowest BCUT2D eigenvalue weighted by molar-refractivity contribution is -0.324. The standard InChI is InChI=1S/C40H68N2O8/c1-8-11-32(44)23-34-17-15-27(3)37(48-34)24-38(46)42-25-35(45)30(6)39(47)41-21-10-13-36-28(4)18-20-40(50-36)19-9-12-33(49-40)16-14-26(2)22-29(5)31(7)43/h8,11,22,26-28,30-31,33-37,43,45H,9-10,12-21,23-25H2,1-7H3,(H,41,47)(H,42,46)/b11-8+,29-22+/t26-,27+,28+,30+,31-,33+,34-,35+,36-,37+,40+/m1/s1. The predicted molar refractivity (Wildman–Crippen MR) is 195 cm³/mol. The summed E-state index contributed by atoms with van der Waals surface area (Å²) in [4.78, 5) is 37.6. The van der Waals surface area contributed by atoms with E-state index in [4.69, 9.17) is 14.2 Å². The van der Waals surface area contributed by atoms with Gasteiger partial charge in [0.15, 0.2) is 11.6 Å². The van der Waals surface area contributed by atoms with Gasteiger partial charge in [-0.1, -0.05) is 39.8 Å². The van der Waals surface area contributed by atoms with Crippen molar-refractivity contribution in [2.45, 2.75) is 174 Å². The fraction of sp³-hybridized carbons (Fsp3) is 0.825. The Bertz CT molecular complexity index is 1140. The molecule has 0 aromatic heterocycles. The molecule has 3 fully saturated rings. The monoisotopic (exact) mass is 704 g/mol. The number of hydrogen-bond donors (Lipinski definition) is 4. The number of allylic oxidation sites excluding steroid dienone is 3. The number of nitrogens with one attached hydrogen (secondary N) is 2. The summed E-state index contributed by atoms with van der Waals surface area (Å²) in [6.07, 6.45) is 14.5. The molecule has 11 atom stereocenters. The summed E-state index contributed by atoms with van der Waals surface area (Å²) in [5.74, 6) is -0.680. The molecule has 0 radical (unpaired) electrons. The number of ketones is 1. The first-order valence-corrected chi connectivity index (χ1v) is 19.5. The summed E-state index contributed by atoms with van der Waals surface area (Å²) in [6, 6.07) is 0. The van der Waals surface area contributed by atoms with Gasteiger partial charge in [0.2, 0.25) is 11.8 Å². The third kappa shape index (κ3) is 13.8. The maximum atomic E-state index is 12.9. The normalized spacial score (nSPS) is 31.6. The van der Waals surface area contributed by atoms with Crippen LogP contribution in [0.3, 0.4) is 0 Å². The van der Waals surface area contributed by atoms with Crippen LogP contribution in [0.1, 0.15) is 132 Å². The van der Waals surface area contributed by atoms with Crippen LogP contribution in [0.4, 0.5) is 0 Å².